The maximum Gasteiger partial charge on any atom is 0.336 e. The molecule has 1 atom stereocenters. The van der Waals surface area contributed by atoms with Crippen LogP contribution in [0.3, 0.4) is 0 Å². The van der Waals surface area contributed by atoms with E-state index in [1.165, 1.54) is 25.3 Å². The minimum absolute atomic E-state index is 0.0803. The third-order valence-electron chi connectivity index (χ3n) is 5.54. The zero-order chi connectivity index (χ0) is 18.1. The molecule has 2 aliphatic heterocycles. The van der Waals surface area contributed by atoms with Gasteiger partial charge in [0.1, 0.15) is 5.58 Å². The Kier molecular flexibility index (Phi) is 4.68. The van der Waals surface area contributed by atoms with Crippen molar-refractivity contribution in [2.75, 3.05) is 31.5 Å². The second-order valence-corrected chi connectivity index (χ2v) is 7.37. The molecule has 1 aromatic carbocycles. The van der Waals surface area contributed by atoms with Crippen LogP contribution in [0.5, 0.6) is 0 Å². The second kappa shape index (κ2) is 7.11. The summed E-state index contributed by atoms with van der Waals surface area (Å²) < 4.78 is 5.27. The van der Waals surface area contributed by atoms with Gasteiger partial charge in [0.15, 0.2) is 0 Å². The first-order valence-electron chi connectivity index (χ1n) is 9.45. The van der Waals surface area contributed by atoms with Gasteiger partial charge >= 0.3 is 11.7 Å². The van der Waals surface area contributed by atoms with Crippen molar-refractivity contribution in [3.63, 3.8) is 0 Å². The molecular weight excluding hydrogens is 330 g/mol. The summed E-state index contributed by atoms with van der Waals surface area (Å²) in [5, 5.41) is 3.84. The van der Waals surface area contributed by atoms with Crippen LogP contribution in [0.15, 0.2) is 33.5 Å². The van der Waals surface area contributed by atoms with Gasteiger partial charge in [-0.15, -0.1) is 0 Å². The lowest BCUT2D eigenvalue weighted by Crippen LogP contribution is -2.50. The first kappa shape index (κ1) is 17.1. The number of aryl methyl sites for hydroxylation is 1. The van der Waals surface area contributed by atoms with E-state index in [4.69, 9.17) is 4.42 Å². The molecule has 2 aromatic rings. The summed E-state index contributed by atoms with van der Waals surface area (Å²) in [6.45, 7) is 5.77. The van der Waals surface area contributed by atoms with E-state index < -0.39 is 0 Å². The Labute approximate surface area is 152 Å². The van der Waals surface area contributed by atoms with Crippen LogP contribution in [0.2, 0.25) is 0 Å². The van der Waals surface area contributed by atoms with Crippen molar-refractivity contribution in [1.29, 1.82) is 0 Å². The molecule has 0 bridgehead atoms. The third kappa shape index (κ3) is 3.46. The first-order chi connectivity index (χ1) is 12.6. The van der Waals surface area contributed by atoms with Crippen LogP contribution in [0.4, 0.5) is 10.5 Å². The number of piperidine rings is 1. The molecular formula is C20H25N3O3. The minimum Gasteiger partial charge on any atom is -0.423 e. The molecule has 6 heteroatoms. The number of likely N-dealkylation sites (tertiary alicyclic amines) is 2. The fourth-order valence-electron chi connectivity index (χ4n) is 4.15. The van der Waals surface area contributed by atoms with E-state index in [1.807, 2.05) is 24.0 Å². The number of fused-ring (bicyclic) bond motifs is 1. The Morgan fingerprint density at radius 2 is 1.96 bits per heavy atom. The molecule has 0 aliphatic carbocycles. The van der Waals surface area contributed by atoms with Crippen molar-refractivity contribution in [3.8, 4) is 0 Å². The van der Waals surface area contributed by atoms with Crippen LogP contribution in [-0.2, 0) is 0 Å². The summed E-state index contributed by atoms with van der Waals surface area (Å²) in [4.78, 5) is 28.7. The molecule has 138 valence electrons. The van der Waals surface area contributed by atoms with Crippen molar-refractivity contribution >= 4 is 22.7 Å². The largest absolute Gasteiger partial charge is 0.423 e. The van der Waals surface area contributed by atoms with Crippen LogP contribution >= 0.6 is 0 Å². The monoisotopic (exact) mass is 355 g/mol. The molecule has 2 saturated heterocycles. The Bertz CT molecular complexity index is 870. The Hall–Kier alpha value is -2.34. The lowest BCUT2D eigenvalue weighted by Gasteiger charge is -2.37. The van der Waals surface area contributed by atoms with Crippen LogP contribution in [-0.4, -0.2) is 48.1 Å². The number of anilines is 1. The number of rotatable bonds is 2. The van der Waals surface area contributed by atoms with E-state index in [0.29, 0.717) is 17.3 Å². The number of benzene rings is 1. The van der Waals surface area contributed by atoms with Crippen molar-refractivity contribution in [2.24, 2.45) is 0 Å². The van der Waals surface area contributed by atoms with E-state index >= 15 is 0 Å². The summed E-state index contributed by atoms with van der Waals surface area (Å²) in [5.41, 5.74) is 1.66. The van der Waals surface area contributed by atoms with E-state index in [9.17, 15) is 9.59 Å². The average Bonchev–Trinajstić information content (AvgIpc) is 3.16. The summed E-state index contributed by atoms with van der Waals surface area (Å²) >= 11 is 0. The van der Waals surface area contributed by atoms with Crippen molar-refractivity contribution in [3.05, 3.63) is 40.2 Å². The molecule has 2 amide bonds. The summed E-state index contributed by atoms with van der Waals surface area (Å²) in [6, 6.07) is 7.34. The fourth-order valence-corrected chi connectivity index (χ4v) is 4.15. The predicted octanol–water partition coefficient (Wildman–Crippen LogP) is 3.19. The van der Waals surface area contributed by atoms with Crippen LogP contribution in [0.25, 0.3) is 11.0 Å². The summed E-state index contributed by atoms with van der Waals surface area (Å²) in [5.74, 6) is 0. The number of hydrogen-bond donors (Lipinski definition) is 1. The number of nitrogens with one attached hydrogen (secondary N) is 1. The Morgan fingerprint density at radius 3 is 2.77 bits per heavy atom. The zero-order valence-electron chi connectivity index (χ0n) is 15.2. The van der Waals surface area contributed by atoms with Gasteiger partial charge in [-0.3, -0.25) is 4.90 Å². The molecule has 0 saturated carbocycles. The maximum atomic E-state index is 12.7. The average molecular weight is 355 g/mol. The lowest BCUT2D eigenvalue weighted by atomic mass is 10.0. The van der Waals surface area contributed by atoms with Crippen molar-refractivity contribution in [1.82, 2.24) is 9.80 Å². The molecule has 1 N–H and O–H groups in total. The molecule has 26 heavy (non-hydrogen) atoms. The smallest absolute Gasteiger partial charge is 0.336 e. The fraction of sp³-hybridized carbons (Fsp3) is 0.500. The Balaban J connectivity index is 1.47. The number of hydrogen-bond acceptors (Lipinski definition) is 4. The van der Waals surface area contributed by atoms with Gasteiger partial charge in [-0.2, -0.15) is 0 Å². The number of urea groups is 1. The van der Waals surface area contributed by atoms with Gasteiger partial charge in [-0.1, -0.05) is 0 Å². The number of carbonyl (C=O) groups excluding carboxylic acids is 1. The van der Waals surface area contributed by atoms with E-state index in [1.54, 1.807) is 6.07 Å². The minimum atomic E-state index is -0.372. The quantitative estimate of drug-likeness (QED) is 0.840. The summed E-state index contributed by atoms with van der Waals surface area (Å²) in [7, 11) is 0. The van der Waals surface area contributed by atoms with E-state index in [-0.39, 0.29) is 11.7 Å². The molecule has 0 spiro atoms. The van der Waals surface area contributed by atoms with Gasteiger partial charge in [0, 0.05) is 42.3 Å². The van der Waals surface area contributed by atoms with Crippen LogP contribution in [0, 0.1) is 6.92 Å². The van der Waals surface area contributed by atoms with Crippen molar-refractivity contribution < 1.29 is 9.21 Å². The maximum absolute atomic E-state index is 12.7. The SMILES string of the molecule is Cc1cc(=O)oc2cc(NC(=O)N3CCC[C@@H](N4CCCC4)C3)ccc12. The van der Waals surface area contributed by atoms with Crippen LogP contribution < -0.4 is 10.9 Å². The van der Waals surface area contributed by atoms with E-state index in [0.717, 1.165) is 43.5 Å². The number of nitrogens with zero attached hydrogens (tertiary/aromatic N) is 2. The van der Waals surface area contributed by atoms with Gasteiger partial charge in [0.2, 0.25) is 0 Å². The normalized spacial score (nSPS) is 21.3. The van der Waals surface area contributed by atoms with Gasteiger partial charge in [-0.25, -0.2) is 9.59 Å². The predicted molar refractivity (Wildman–Crippen MR) is 102 cm³/mol. The first-order valence-corrected chi connectivity index (χ1v) is 9.45. The van der Waals surface area contributed by atoms with Crippen LogP contribution in [0.1, 0.15) is 31.2 Å². The molecule has 2 fully saturated rings. The molecule has 0 unspecified atom stereocenters. The molecule has 4 rings (SSSR count). The van der Waals surface area contributed by atoms with Gasteiger partial charge in [-0.05, 0) is 63.4 Å². The summed E-state index contributed by atoms with van der Waals surface area (Å²) in [6.07, 6.45) is 4.75. The third-order valence-corrected chi connectivity index (χ3v) is 5.54. The highest BCUT2D eigenvalue weighted by Crippen LogP contribution is 2.23. The van der Waals surface area contributed by atoms with E-state index in [2.05, 4.69) is 10.2 Å². The highest BCUT2D eigenvalue weighted by molar-refractivity contribution is 5.92. The number of amides is 2. The topological polar surface area (TPSA) is 65.8 Å². The highest BCUT2D eigenvalue weighted by atomic mass is 16.4. The lowest BCUT2D eigenvalue weighted by molar-refractivity contribution is 0.132. The van der Waals surface area contributed by atoms with Gasteiger partial charge in [0.25, 0.3) is 0 Å². The van der Waals surface area contributed by atoms with Gasteiger partial charge < -0.3 is 14.6 Å². The molecule has 3 heterocycles. The van der Waals surface area contributed by atoms with Crippen molar-refractivity contribution in [2.45, 2.75) is 38.6 Å². The molecule has 1 aromatic heterocycles. The Morgan fingerprint density at radius 1 is 1.15 bits per heavy atom. The number of carbonyl (C=O) groups is 1. The standard InChI is InChI=1S/C20H25N3O3/c1-14-11-19(24)26-18-12-15(6-7-17(14)18)21-20(25)23-10-4-5-16(13-23)22-8-2-3-9-22/h6-7,11-12,16H,2-5,8-10,13H2,1H3,(H,21,25)/t16-/m1/s1. The zero-order valence-corrected chi connectivity index (χ0v) is 15.2. The molecule has 6 nitrogen and oxygen atoms in total. The second-order valence-electron chi connectivity index (χ2n) is 7.37. The van der Waals surface area contributed by atoms with Gasteiger partial charge in [0.05, 0.1) is 0 Å². The molecule has 2 aliphatic rings. The molecule has 0 radical (unpaired) electrons. The highest BCUT2D eigenvalue weighted by Gasteiger charge is 2.29.